The van der Waals surface area contributed by atoms with Crippen LogP contribution in [0.4, 0.5) is 0 Å². The number of hydrogen-bond acceptors (Lipinski definition) is 4. The monoisotopic (exact) mass is 658 g/mol. The molecule has 50 heavy (non-hydrogen) atoms. The summed E-state index contributed by atoms with van der Waals surface area (Å²) in [7, 11) is 0. The van der Waals surface area contributed by atoms with E-state index in [1.807, 2.05) is 0 Å². The second kappa shape index (κ2) is 18.2. The van der Waals surface area contributed by atoms with Gasteiger partial charge in [0.05, 0.1) is 11.1 Å². The van der Waals surface area contributed by atoms with Gasteiger partial charge in [-0.1, -0.05) is 182 Å². The second-order valence-electron chi connectivity index (χ2n) is 12.8. The van der Waals surface area contributed by atoms with Crippen molar-refractivity contribution in [2.45, 2.75) is 23.9 Å². The van der Waals surface area contributed by atoms with Crippen molar-refractivity contribution in [3.63, 3.8) is 0 Å². The summed E-state index contributed by atoms with van der Waals surface area (Å²) >= 11 is 0. The van der Waals surface area contributed by atoms with E-state index in [4.69, 9.17) is 0 Å². The lowest BCUT2D eigenvalue weighted by Crippen LogP contribution is -2.45. The van der Waals surface area contributed by atoms with Gasteiger partial charge in [-0.2, -0.15) is 0 Å². The van der Waals surface area contributed by atoms with E-state index < -0.39 is 11.1 Å². The first-order valence-corrected chi connectivity index (χ1v) is 18.1. The van der Waals surface area contributed by atoms with Crippen molar-refractivity contribution in [2.24, 2.45) is 0 Å². The maximum atomic E-state index is 3.99. The highest BCUT2D eigenvalue weighted by molar-refractivity contribution is 5.50. The van der Waals surface area contributed by atoms with Gasteiger partial charge in [-0.15, -0.1) is 0 Å². The molecule has 6 rings (SSSR count). The molecule has 0 aromatic heterocycles. The minimum absolute atomic E-state index is 0.418. The highest BCUT2D eigenvalue weighted by Gasteiger charge is 2.36. The van der Waals surface area contributed by atoms with Crippen molar-refractivity contribution in [1.29, 1.82) is 0 Å². The SMILES string of the molecule is c1ccc(C(NCCCNCCNCCCNC(c2ccccc2)(c2ccccc2)c2ccccc2)(c2ccccc2)c2ccccc2)cc1. The van der Waals surface area contributed by atoms with Gasteiger partial charge in [0.15, 0.2) is 0 Å². The topological polar surface area (TPSA) is 48.1 Å². The van der Waals surface area contributed by atoms with Gasteiger partial charge in [-0.25, -0.2) is 0 Å². The van der Waals surface area contributed by atoms with Crippen LogP contribution in [0.1, 0.15) is 46.2 Å². The van der Waals surface area contributed by atoms with E-state index in [-0.39, 0.29) is 0 Å². The zero-order chi connectivity index (χ0) is 34.2. The van der Waals surface area contributed by atoms with E-state index in [0.717, 1.165) is 52.1 Å². The molecule has 0 heterocycles. The Kier molecular flexibility index (Phi) is 12.8. The van der Waals surface area contributed by atoms with Crippen molar-refractivity contribution in [3.8, 4) is 0 Å². The van der Waals surface area contributed by atoms with E-state index >= 15 is 0 Å². The Morgan fingerprint density at radius 1 is 0.260 bits per heavy atom. The average molecular weight is 659 g/mol. The number of rotatable bonds is 19. The molecule has 0 bridgehead atoms. The molecule has 0 fully saturated rings. The van der Waals surface area contributed by atoms with Crippen LogP contribution < -0.4 is 21.3 Å². The summed E-state index contributed by atoms with van der Waals surface area (Å²) in [5.41, 5.74) is 6.65. The molecule has 0 aliphatic heterocycles. The molecule has 0 saturated heterocycles. The van der Waals surface area contributed by atoms with Gasteiger partial charge in [0.1, 0.15) is 0 Å². The Morgan fingerprint density at radius 2 is 0.480 bits per heavy atom. The van der Waals surface area contributed by atoms with E-state index in [1.165, 1.54) is 33.4 Å². The molecular formula is C46H50N4. The van der Waals surface area contributed by atoms with Crippen molar-refractivity contribution in [3.05, 3.63) is 215 Å². The van der Waals surface area contributed by atoms with Crippen LogP contribution >= 0.6 is 0 Å². The lowest BCUT2D eigenvalue weighted by Gasteiger charge is -2.37. The van der Waals surface area contributed by atoms with Gasteiger partial charge in [-0.05, 0) is 72.4 Å². The fraction of sp³-hybridized carbons (Fsp3) is 0.217. The van der Waals surface area contributed by atoms with Crippen molar-refractivity contribution in [2.75, 3.05) is 39.3 Å². The summed E-state index contributed by atoms with van der Waals surface area (Å²) in [5, 5.41) is 15.3. The summed E-state index contributed by atoms with van der Waals surface area (Å²) in [6.07, 6.45) is 2.05. The van der Waals surface area contributed by atoms with Crippen molar-refractivity contribution < 1.29 is 0 Å². The Morgan fingerprint density at radius 3 is 0.700 bits per heavy atom. The van der Waals surface area contributed by atoms with E-state index in [2.05, 4.69) is 203 Å². The predicted octanol–water partition coefficient (Wildman–Crippen LogP) is 8.11. The van der Waals surface area contributed by atoms with Crippen LogP contribution in [-0.2, 0) is 11.1 Å². The third-order valence-corrected chi connectivity index (χ3v) is 9.56. The Balaban J connectivity index is 0.983. The highest BCUT2D eigenvalue weighted by atomic mass is 15.0. The van der Waals surface area contributed by atoms with Crippen LogP contribution in [0.2, 0.25) is 0 Å². The van der Waals surface area contributed by atoms with Gasteiger partial charge in [-0.3, -0.25) is 10.6 Å². The quantitative estimate of drug-likeness (QED) is 0.0525. The highest BCUT2D eigenvalue weighted by Crippen LogP contribution is 2.38. The van der Waals surface area contributed by atoms with Crippen LogP contribution in [0.15, 0.2) is 182 Å². The molecule has 0 atom stereocenters. The van der Waals surface area contributed by atoms with Gasteiger partial charge >= 0.3 is 0 Å². The van der Waals surface area contributed by atoms with Gasteiger partial charge in [0.2, 0.25) is 0 Å². The molecule has 0 unspecified atom stereocenters. The molecule has 6 aromatic carbocycles. The van der Waals surface area contributed by atoms with Gasteiger partial charge in [0.25, 0.3) is 0 Å². The Bertz CT molecular complexity index is 1450. The smallest absolute Gasteiger partial charge is 0.0947 e. The lowest BCUT2D eigenvalue weighted by molar-refractivity contribution is 0.453. The van der Waals surface area contributed by atoms with E-state index in [1.54, 1.807) is 0 Å². The molecule has 0 aliphatic rings. The molecule has 0 amide bonds. The summed E-state index contributed by atoms with van der Waals surface area (Å²) < 4.78 is 0. The molecule has 0 aliphatic carbocycles. The fourth-order valence-electron chi connectivity index (χ4n) is 7.15. The van der Waals surface area contributed by atoms with Gasteiger partial charge < -0.3 is 10.6 Å². The summed E-state index contributed by atoms with van der Waals surface area (Å²) in [6.45, 7) is 5.57. The summed E-state index contributed by atoms with van der Waals surface area (Å²) in [5.74, 6) is 0. The zero-order valence-electron chi connectivity index (χ0n) is 29.0. The first-order valence-electron chi connectivity index (χ1n) is 18.1. The average Bonchev–Trinajstić information content (AvgIpc) is 3.20. The second-order valence-corrected chi connectivity index (χ2v) is 12.8. The summed E-state index contributed by atoms with van der Waals surface area (Å²) in [4.78, 5) is 0. The largest absolute Gasteiger partial charge is 0.315 e. The standard InChI is InChI=1S/C46H50N4/c1-7-21-39(22-8-1)45(40-23-9-2-10-24-40,41-25-11-3-12-26-41)49-35-19-33-47-37-38-48-34-20-36-50-46(42-27-13-4-14-28-42,43-29-15-5-16-30-43)44-31-17-6-18-32-44/h1-18,21-32,47-50H,19-20,33-38H2. The van der Waals surface area contributed by atoms with Crippen LogP contribution in [0, 0.1) is 0 Å². The molecular weight excluding hydrogens is 609 g/mol. The van der Waals surface area contributed by atoms with Crippen LogP contribution in [0.3, 0.4) is 0 Å². The third-order valence-electron chi connectivity index (χ3n) is 9.56. The molecule has 0 saturated carbocycles. The van der Waals surface area contributed by atoms with E-state index in [9.17, 15) is 0 Å². The maximum Gasteiger partial charge on any atom is 0.0947 e. The molecule has 254 valence electrons. The van der Waals surface area contributed by atoms with Crippen LogP contribution in [0.25, 0.3) is 0 Å². The zero-order valence-corrected chi connectivity index (χ0v) is 29.0. The van der Waals surface area contributed by atoms with Crippen molar-refractivity contribution in [1.82, 2.24) is 21.3 Å². The third kappa shape index (κ3) is 8.30. The molecule has 4 nitrogen and oxygen atoms in total. The number of nitrogens with one attached hydrogen (secondary N) is 4. The summed E-state index contributed by atoms with van der Waals surface area (Å²) in [6, 6.07) is 64.9. The minimum atomic E-state index is -0.418. The molecule has 4 heteroatoms. The first-order chi connectivity index (χ1) is 24.8. The minimum Gasteiger partial charge on any atom is -0.315 e. The van der Waals surface area contributed by atoms with Crippen LogP contribution in [0.5, 0.6) is 0 Å². The normalized spacial score (nSPS) is 11.8. The predicted molar refractivity (Wildman–Crippen MR) is 209 cm³/mol. The molecule has 6 aromatic rings. The fourth-order valence-corrected chi connectivity index (χ4v) is 7.15. The molecule has 4 N–H and O–H groups in total. The van der Waals surface area contributed by atoms with Crippen LogP contribution in [-0.4, -0.2) is 39.3 Å². The Labute approximate surface area is 299 Å². The first kappa shape index (κ1) is 35.0. The van der Waals surface area contributed by atoms with Crippen molar-refractivity contribution >= 4 is 0 Å². The Hall–Kier alpha value is -4.84. The van der Waals surface area contributed by atoms with Gasteiger partial charge in [0, 0.05) is 13.1 Å². The maximum absolute atomic E-state index is 3.99. The number of benzene rings is 6. The molecule has 0 radical (unpaired) electrons. The lowest BCUT2D eigenvalue weighted by atomic mass is 9.77. The van der Waals surface area contributed by atoms with E-state index in [0.29, 0.717) is 0 Å². The molecule has 0 spiro atoms. The number of hydrogen-bond donors (Lipinski definition) is 4.